The quantitative estimate of drug-likeness (QED) is 0.705. The Morgan fingerprint density at radius 1 is 1.19 bits per heavy atom. The van der Waals surface area contributed by atoms with Crippen molar-refractivity contribution in [3.63, 3.8) is 0 Å². The lowest BCUT2D eigenvalue weighted by Crippen LogP contribution is -2.08. The Hall–Kier alpha value is -1.31. The molecule has 1 heterocycles. The van der Waals surface area contributed by atoms with Crippen LogP contribution in [-0.2, 0) is 0 Å². The third-order valence-electron chi connectivity index (χ3n) is 3.37. The zero-order chi connectivity index (χ0) is 11.7. The van der Waals surface area contributed by atoms with E-state index in [0.29, 0.717) is 0 Å². The molecule has 0 bridgehead atoms. The lowest BCUT2D eigenvalue weighted by Gasteiger charge is -2.11. The number of ketones is 1. The molecule has 1 aliphatic rings. The molecule has 1 aliphatic carbocycles. The van der Waals surface area contributed by atoms with E-state index in [2.05, 4.69) is 6.08 Å². The number of rotatable bonds is 2. The maximum absolute atomic E-state index is 12.3. The first-order valence-corrected chi connectivity index (χ1v) is 5.91. The van der Waals surface area contributed by atoms with Crippen LogP contribution in [0.25, 0.3) is 0 Å². The van der Waals surface area contributed by atoms with Crippen molar-refractivity contribution in [1.82, 2.24) is 0 Å². The highest BCUT2D eigenvalue weighted by molar-refractivity contribution is 6.10. The third-order valence-corrected chi connectivity index (χ3v) is 3.37. The summed E-state index contributed by atoms with van der Waals surface area (Å²) in [5.74, 6) is 1.79. The van der Waals surface area contributed by atoms with E-state index in [1.807, 2.05) is 20.8 Å². The monoisotopic (exact) mass is 218 g/mol. The van der Waals surface area contributed by atoms with Gasteiger partial charge in [0.2, 0.25) is 0 Å². The molecule has 2 nitrogen and oxygen atoms in total. The first-order chi connectivity index (χ1) is 7.61. The summed E-state index contributed by atoms with van der Waals surface area (Å²) in [6, 6.07) is 0. The van der Waals surface area contributed by atoms with Crippen molar-refractivity contribution in [3.05, 3.63) is 34.3 Å². The Morgan fingerprint density at radius 2 is 1.94 bits per heavy atom. The fraction of sp³-hybridized carbons (Fsp3) is 0.500. The maximum atomic E-state index is 12.3. The van der Waals surface area contributed by atoms with Gasteiger partial charge in [-0.3, -0.25) is 4.79 Å². The molecule has 2 heteroatoms. The molecule has 0 spiro atoms. The van der Waals surface area contributed by atoms with Crippen LogP contribution < -0.4 is 0 Å². The summed E-state index contributed by atoms with van der Waals surface area (Å²) in [5.41, 5.74) is 2.75. The van der Waals surface area contributed by atoms with Crippen LogP contribution in [0.2, 0.25) is 0 Å². The average Bonchev–Trinajstić information content (AvgIpc) is 2.54. The van der Waals surface area contributed by atoms with E-state index in [-0.39, 0.29) is 5.78 Å². The van der Waals surface area contributed by atoms with E-state index in [1.165, 1.54) is 6.42 Å². The largest absolute Gasteiger partial charge is 0.466 e. The first kappa shape index (κ1) is 11.2. The molecule has 0 radical (unpaired) electrons. The average molecular weight is 218 g/mol. The van der Waals surface area contributed by atoms with Gasteiger partial charge in [-0.05, 0) is 52.0 Å². The molecule has 1 aromatic heterocycles. The smallest absolute Gasteiger partial charge is 0.192 e. The van der Waals surface area contributed by atoms with Gasteiger partial charge in [0.15, 0.2) is 5.78 Å². The second kappa shape index (κ2) is 4.28. The van der Waals surface area contributed by atoms with Crippen molar-refractivity contribution in [1.29, 1.82) is 0 Å². The number of hydrogen-bond acceptors (Lipinski definition) is 2. The van der Waals surface area contributed by atoms with Crippen molar-refractivity contribution >= 4 is 5.78 Å². The van der Waals surface area contributed by atoms with E-state index in [0.717, 1.165) is 47.5 Å². The summed E-state index contributed by atoms with van der Waals surface area (Å²) < 4.78 is 5.51. The van der Waals surface area contributed by atoms with E-state index >= 15 is 0 Å². The number of hydrogen-bond donors (Lipinski definition) is 0. The van der Waals surface area contributed by atoms with Crippen LogP contribution in [0, 0.1) is 20.8 Å². The predicted molar refractivity (Wildman–Crippen MR) is 63.8 cm³/mol. The van der Waals surface area contributed by atoms with Gasteiger partial charge in [0, 0.05) is 5.56 Å². The van der Waals surface area contributed by atoms with Crippen LogP contribution >= 0.6 is 0 Å². The summed E-state index contributed by atoms with van der Waals surface area (Å²) in [6.45, 7) is 5.74. The highest BCUT2D eigenvalue weighted by atomic mass is 16.3. The summed E-state index contributed by atoms with van der Waals surface area (Å²) in [7, 11) is 0. The van der Waals surface area contributed by atoms with Gasteiger partial charge in [-0.15, -0.1) is 0 Å². The van der Waals surface area contributed by atoms with Crippen molar-refractivity contribution in [2.75, 3.05) is 0 Å². The number of carbonyl (C=O) groups excluding carboxylic acids is 1. The van der Waals surface area contributed by atoms with Crippen molar-refractivity contribution in [2.24, 2.45) is 0 Å². The lowest BCUT2D eigenvalue weighted by atomic mass is 9.91. The molecule has 86 valence electrons. The first-order valence-electron chi connectivity index (χ1n) is 5.91. The number of Topliss-reactive ketones (excluding diaryl/α,β-unsaturated/α-hetero) is 1. The number of aryl methyl sites for hydroxylation is 2. The summed E-state index contributed by atoms with van der Waals surface area (Å²) in [5, 5.41) is 0. The molecule has 2 rings (SSSR count). The summed E-state index contributed by atoms with van der Waals surface area (Å²) >= 11 is 0. The Labute approximate surface area is 96.3 Å². The summed E-state index contributed by atoms with van der Waals surface area (Å²) in [6.07, 6.45) is 6.39. The molecular weight excluding hydrogens is 200 g/mol. The van der Waals surface area contributed by atoms with Gasteiger partial charge in [0.1, 0.15) is 11.5 Å². The molecule has 0 aromatic carbocycles. The molecule has 0 N–H and O–H groups in total. The van der Waals surface area contributed by atoms with Gasteiger partial charge < -0.3 is 4.42 Å². The van der Waals surface area contributed by atoms with Crippen molar-refractivity contribution < 1.29 is 9.21 Å². The number of furan rings is 1. The standard InChI is InChI=1S/C14H18O2/c1-9-10(2)16-11(3)13(9)14(15)12-7-5-4-6-8-12/h7H,4-6,8H2,1-3H3. The molecule has 0 unspecified atom stereocenters. The highest BCUT2D eigenvalue weighted by Crippen LogP contribution is 2.27. The van der Waals surface area contributed by atoms with E-state index < -0.39 is 0 Å². The molecule has 1 aromatic rings. The zero-order valence-corrected chi connectivity index (χ0v) is 10.2. The molecule has 0 saturated carbocycles. The molecule has 0 fully saturated rings. The number of carbonyl (C=O) groups is 1. The fourth-order valence-electron chi connectivity index (χ4n) is 2.33. The van der Waals surface area contributed by atoms with Crippen LogP contribution in [0.3, 0.4) is 0 Å². The van der Waals surface area contributed by atoms with Gasteiger partial charge in [0.25, 0.3) is 0 Å². The van der Waals surface area contributed by atoms with Gasteiger partial charge in [-0.25, -0.2) is 0 Å². The van der Waals surface area contributed by atoms with Crippen LogP contribution in [0.15, 0.2) is 16.1 Å². The SMILES string of the molecule is Cc1oc(C)c(C(=O)C2=CCCCC2)c1C. The normalized spacial score (nSPS) is 16.1. The molecule has 0 atom stereocenters. The van der Waals surface area contributed by atoms with Crippen molar-refractivity contribution in [2.45, 2.75) is 46.5 Å². The topological polar surface area (TPSA) is 30.2 Å². The van der Waals surface area contributed by atoms with Crippen LogP contribution in [0.1, 0.15) is 53.1 Å². The molecule has 0 amide bonds. The molecule has 16 heavy (non-hydrogen) atoms. The molecule has 0 saturated heterocycles. The van der Waals surface area contributed by atoms with Crippen molar-refractivity contribution in [3.8, 4) is 0 Å². The Bertz CT molecular complexity index is 450. The summed E-state index contributed by atoms with van der Waals surface area (Å²) in [4.78, 5) is 12.3. The van der Waals surface area contributed by atoms with E-state index in [9.17, 15) is 4.79 Å². The molecular formula is C14H18O2. The van der Waals surface area contributed by atoms with Crippen LogP contribution in [0.5, 0.6) is 0 Å². The lowest BCUT2D eigenvalue weighted by molar-refractivity contribution is 0.102. The van der Waals surface area contributed by atoms with Crippen LogP contribution in [-0.4, -0.2) is 5.78 Å². The van der Waals surface area contributed by atoms with Gasteiger partial charge >= 0.3 is 0 Å². The van der Waals surface area contributed by atoms with E-state index in [1.54, 1.807) is 0 Å². The Morgan fingerprint density at radius 3 is 2.44 bits per heavy atom. The van der Waals surface area contributed by atoms with Crippen LogP contribution in [0.4, 0.5) is 0 Å². The highest BCUT2D eigenvalue weighted by Gasteiger charge is 2.22. The maximum Gasteiger partial charge on any atom is 0.192 e. The number of allylic oxidation sites excluding steroid dienone is 2. The fourth-order valence-corrected chi connectivity index (χ4v) is 2.33. The second-order valence-electron chi connectivity index (χ2n) is 4.52. The second-order valence-corrected chi connectivity index (χ2v) is 4.52. The third kappa shape index (κ3) is 1.84. The van der Waals surface area contributed by atoms with E-state index in [4.69, 9.17) is 4.42 Å². The minimum atomic E-state index is 0.173. The minimum Gasteiger partial charge on any atom is -0.466 e. The van der Waals surface area contributed by atoms with Gasteiger partial charge in [-0.1, -0.05) is 6.08 Å². The Balaban J connectivity index is 2.37. The minimum absolute atomic E-state index is 0.173. The molecule has 0 aliphatic heterocycles. The Kier molecular flexibility index (Phi) is 2.99. The van der Waals surface area contributed by atoms with Gasteiger partial charge in [0.05, 0.1) is 5.56 Å². The predicted octanol–water partition coefficient (Wildman–Crippen LogP) is 3.89. The zero-order valence-electron chi connectivity index (χ0n) is 10.2. The van der Waals surface area contributed by atoms with Gasteiger partial charge in [-0.2, -0.15) is 0 Å².